The van der Waals surface area contributed by atoms with Crippen LogP contribution in [0.25, 0.3) is 0 Å². The first kappa shape index (κ1) is 55.5. The van der Waals surface area contributed by atoms with Crippen LogP contribution in [0.1, 0.15) is 232 Å². The minimum Gasteiger partial charge on any atom is -0.462 e. The molecule has 1 heterocycles. The average Bonchev–Trinajstić information content (AvgIpc) is 3.23. The molecule has 0 bridgehead atoms. The monoisotopic (exact) mass is 841 g/mol. The number of esters is 2. The number of carbonyl (C=O) groups excluding carboxylic acids is 2. The van der Waals surface area contributed by atoms with Crippen molar-refractivity contribution >= 4 is 11.9 Å². The van der Waals surface area contributed by atoms with Crippen molar-refractivity contribution in [2.45, 2.75) is 269 Å². The Morgan fingerprint density at radius 3 is 1.37 bits per heavy atom. The molecule has 1 rings (SSSR count). The van der Waals surface area contributed by atoms with E-state index < -0.39 is 49.4 Å². The summed E-state index contributed by atoms with van der Waals surface area (Å²) in [6.45, 7) is 3.43. The van der Waals surface area contributed by atoms with E-state index in [4.69, 9.17) is 18.9 Å². The van der Waals surface area contributed by atoms with Gasteiger partial charge in [-0.2, -0.15) is 0 Å². The van der Waals surface area contributed by atoms with Gasteiger partial charge in [0.1, 0.15) is 31.0 Å². The van der Waals surface area contributed by atoms with Gasteiger partial charge in [0.2, 0.25) is 0 Å². The third-order valence-electron chi connectivity index (χ3n) is 11.7. The summed E-state index contributed by atoms with van der Waals surface area (Å²) in [4.78, 5) is 25.4. The molecule has 0 aliphatic carbocycles. The standard InChI is InChI=1S/C49H92O10/c1-3-5-7-9-11-13-15-17-19-20-21-22-24-26-28-30-32-34-36-38-45(52)58-42(41-57-49-48(55)47(54)46(53)43(39-50)59-49)40-56-44(51)37-35-33-31-29-27-25-23-18-16-14-12-10-8-6-4-2/h10,12,42-43,46-50,53-55H,3-9,11,13-41H2,1-2H3/b12-10+/t42-,43-,46+,47?,48?,49-/m1/s1. The molecule has 1 saturated heterocycles. The molecule has 1 aliphatic heterocycles. The van der Waals surface area contributed by atoms with E-state index in [0.29, 0.717) is 6.42 Å². The van der Waals surface area contributed by atoms with E-state index in [1.165, 1.54) is 161 Å². The SMILES string of the molecule is CCCC/C=C/CCCCCCCCCCCC(=O)OC[C@H](CO[C@@H]1O[C@H](CO)[C@H](O)C(O)C1O)OC(=O)CCCCCCCCCCCCCCCCCCCCC. The molecule has 0 radical (unpaired) electrons. The van der Waals surface area contributed by atoms with Gasteiger partial charge in [-0.15, -0.1) is 0 Å². The van der Waals surface area contributed by atoms with Crippen LogP contribution >= 0.6 is 0 Å². The van der Waals surface area contributed by atoms with E-state index in [1.54, 1.807) is 0 Å². The Morgan fingerprint density at radius 1 is 0.508 bits per heavy atom. The van der Waals surface area contributed by atoms with E-state index in [-0.39, 0.29) is 32.0 Å². The Hall–Kier alpha value is -1.56. The van der Waals surface area contributed by atoms with Crippen molar-refractivity contribution in [3.63, 3.8) is 0 Å². The molecule has 59 heavy (non-hydrogen) atoms. The predicted octanol–water partition coefficient (Wildman–Crippen LogP) is 11.1. The molecule has 0 aromatic carbocycles. The fourth-order valence-electron chi connectivity index (χ4n) is 7.70. The first-order valence-corrected chi connectivity index (χ1v) is 24.8. The second kappa shape index (κ2) is 40.5. The lowest BCUT2D eigenvalue weighted by atomic mass is 9.99. The Morgan fingerprint density at radius 2 is 0.915 bits per heavy atom. The molecule has 0 saturated carbocycles. The molecule has 0 aromatic rings. The molecule has 2 unspecified atom stereocenters. The van der Waals surface area contributed by atoms with Crippen molar-refractivity contribution in [1.82, 2.24) is 0 Å². The van der Waals surface area contributed by atoms with E-state index in [2.05, 4.69) is 26.0 Å². The van der Waals surface area contributed by atoms with Crippen LogP contribution in [0.15, 0.2) is 12.2 Å². The summed E-state index contributed by atoms with van der Waals surface area (Å²) >= 11 is 0. The predicted molar refractivity (Wildman–Crippen MR) is 238 cm³/mol. The van der Waals surface area contributed by atoms with Crippen LogP contribution in [0.3, 0.4) is 0 Å². The second-order valence-corrected chi connectivity index (χ2v) is 17.3. The molecule has 6 atom stereocenters. The van der Waals surface area contributed by atoms with E-state index in [0.717, 1.165) is 38.5 Å². The van der Waals surface area contributed by atoms with Crippen molar-refractivity contribution in [2.24, 2.45) is 0 Å². The normalized spacial score (nSPS) is 20.0. The van der Waals surface area contributed by atoms with Crippen LogP contribution in [0.5, 0.6) is 0 Å². The number of hydrogen-bond donors (Lipinski definition) is 4. The number of rotatable bonds is 42. The zero-order valence-corrected chi connectivity index (χ0v) is 38.0. The fourth-order valence-corrected chi connectivity index (χ4v) is 7.70. The Kier molecular flexibility index (Phi) is 38.1. The molecular formula is C49H92O10. The molecule has 1 fully saturated rings. The van der Waals surface area contributed by atoms with Gasteiger partial charge in [-0.1, -0.05) is 199 Å². The maximum atomic E-state index is 12.8. The van der Waals surface area contributed by atoms with Crippen molar-refractivity contribution < 1.29 is 49.0 Å². The van der Waals surface area contributed by atoms with Crippen molar-refractivity contribution in [3.8, 4) is 0 Å². The topological polar surface area (TPSA) is 152 Å². The lowest BCUT2D eigenvalue weighted by molar-refractivity contribution is -0.305. The lowest BCUT2D eigenvalue weighted by Gasteiger charge is -2.39. The van der Waals surface area contributed by atoms with Crippen LogP contribution in [-0.2, 0) is 28.5 Å². The Labute approximate surface area is 361 Å². The Bertz CT molecular complexity index is 974. The van der Waals surface area contributed by atoms with Crippen molar-refractivity contribution in [2.75, 3.05) is 19.8 Å². The highest BCUT2D eigenvalue weighted by molar-refractivity contribution is 5.70. The van der Waals surface area contributed by atoms with Gasteiger partial charge in [-0.05, 0) is 32.1 Å². The number of hydrogen-bond acceptors (Lipinski definition) is 10. The molecule has 4 N–H and O–H groups in total. The van der Waals surface area contributed by atoms with Gasteiger partial charge in [0.25, 0.3) is 0 Å². The zero-order chi connectivity index (χ0) is 43.0. The summed E-state index contributed by atoms with van der Waals surface area (Å²) in [6, 6.07) is 0. The largest absolute Gasteiger partial charge is 0.462 e. The number of unbranched alkanes of at least 4 members (excludes halogenated alkanes) is 29. The third kappa shape index (κ3) is 31.9. The van der Waals surface area contributed by atoms with Crippen molar-refractivity contribution in [1.29, 1.82) is 0 Å². The maximum absolute atomic E-state index is 12.8. The van der Waals surface area contributed by atoms with Gasteiger partial charge in [0.15, 0.2) is 12.4 Å². The lowest BCUT2D eigenvalue weighted by Crippen LogP contribution is -2.59. The number of aliphatic hydroxyl groups is 4. The Balaban J connectivity index is 2.26. The van der Waals surface area contributed by atoms with Gasteiger partial charge in [0.05, 0.1) is 13.2 Å². The number of allylic oxidation sites excluding steroid dienone is 2. The number of aliphatic hydroxyl groups excluding tert-OH is 4. The zero-order valence-electron chi connectivity index (χ0n) is 38.0. The molecule has 10 nitrogen and oxygen atoms in total. The van der Waals surface area contributed by atoms with Crippen LogP contribution < -0.4 is 0 Å². The number of ether oxygens (including phenoxy) is 4. The molecule has 1 aliphatic rings. The fraction of sp³-hybridized carbons (Fsp3) is 0.918. The summed E-state index contributed by atoms with van der Waals surface area (Å²) in [7, 11) is 0. The molecule has 0 spiro atoms. The maximum Gasteiger partial charge on any atom is 0.306 e. The van der Waals surface area contributed by atoms with Crippen LogP contribution in [-0.4, -0.2) is 89.0 Å². The smallest absolute Gasteiger partial charge is 0.306 e. The van der Waals surface area contributed by atoms with E-state index in [9.17, 15) is 30.0 Å². The summed E-state index contributed by atoms with van der Waals surface area (Å²) in [6.07, 6.45) is 36.4. The summed E-state index contributed by atoms with van der Waals surface area (Å²) in [5.74, 6) is -0.795. The highest BCUT2D eigenvalue weighted by atomic mass is 16.7. The number of carbonyl (C=O) groups is 2. The molecule has 10 heteroatoms. The van der Waals surface area contributed by atoms with Crippen LogP contribution in [0, 0.1) is 0 Å². The van der Waals surface area contributed by atoms with Crippen LogP contribution in [0.4, 0.5) is 0 Å². The molecular weight excluding hydrogens is 749 g/mol. The minimum atomic E-state index is -1.59. The second-order valence-electron chi connectivity index (χ2n) is 17.3. The molecule has 348 valence electrons. The molecule has 0 amide bonds. The quantitative estimate of drug-likeness (QED) is 0.0265. The minimum absolute atomic E-state index is 0.213. The van der Waals surface area contributed by atoms with Gasteiger partial charge >= 0.3 is 11.9 Å². The van der Waals surface area contributed by atoms with Crippen LogP contribution in [0.2, 0.25) is 0 Å². The summed E-state index contributed by atoms with van der Waals surface area (Å²) in [5, 5.41) is 40.1. The highest BCUT2D eigenvalue weighted by Gasteiger charge is 2.44. The van der Waals surface area contributed by atoms with E-state index >= 15 is 0 Å². The third-order valence-corrected chi connectivity index (χ3v) is 11.7. The van der Waals surface area contributed by atoms with E-state index in [1.807, 2.05) is 0 Å². The van der Waals surface area contributed by atoms with Gasteiger partial charge < -0.3 is 39.4 Å². The molecule has 0 aromatic heterocycles. The van der Waals surface area contributed by atoms with Crippen molar-refractivity contribution in [3.05, 3.63) is 12.2 Å². The summed E-state index contributed by atoms with van der Waals surface area (Å²) in [5.41, 5.74) is 0. The van der Waals surface area contributed by atoms with Gasteiger partial charge in [-0.25, -0.2) is 0 Å². The average molecular weight is 841 g/mol. The highest BCUT2D eigenvalue weighted by Crippen LogP contribution is 2.23. The van der Waals surface area contributed by atoms with Gasteiger partial charge in [0, 0.05) is 12.8 Å². The first-order valence-electron chi connectivity index (χ1n) is 24.8. The first-order chi connectivity index (χ1) is 28.8. The summed E-state index contributed by atoms with van der Waals surface area (Å²) < 4.78 is 22.2. The van der Waals surface area contributed by atoms with Gasteiger partial charge in [-0.3, -0.25) is 9.59 Å².